The minimum atomic E-state index is -0.483. The van der Waals surface area contributed by atoms with Gasteiger partial charge in [-0.25, -0.2) is 4.79 Å². The Balaban J connectivity index is 1.60. The van der Waals surface area contributed by atoms with Gasteiger partial charge >= 0.3 is 6.03 Å². The van der Waals surface area contributed by atoms with Crippen molar-refractivity contribution in [2.45, 2.75) is 25.8 Å². The van der Waals surface area contributed by atoms with Gasteiger partial charge in [-0.3, -0.25) is 14.5 Å². The Labute approximate surface area is 158 Å². The van der Waals surface area contributed by atoms with Crippen LogP contribution in [0.5, 0.6) is 0 Å². The lowest BCUT2D eigenvalue weighted by Crippen LogP contribution is -2.45. The van der Waals surface area contributed by atoms with Crippen molar-refractivity contribution >= 4 is 17.8 Å². The Morgan fingerprint density at radius 2 is 1.81 bits per heavy atom. The van der Waals surface area contributed by atoms with Crippen LogP contribution in [0.3, 0.4) is 0 Å². The number of aryl methyl sites for hydroxylation is 1. The van der Waals surface area contributed by atoms with E-state index in [1.807, 2.05) is 36.1 Å². The molecule has 0 saturated carbocycles. The van der Waals surface area contributed by atoms with E-state index in [4.69, 9.17) is 0 Å². The van der Waals surface area contributed by atoms with Crippen molar-refractivity contribution in [1.29, 1.82) is 0 Å². The standard InChI is InChI=1S/C20H24N4O3/c1-13-5-7-14(8-6-13)18-17-15(22(2)20(27)21-18)11-24(19(17)26)12-16(25)23-9-3-4-10-23/h5-8,18H,3-4,9-12H2,1-2H3,(H,21,27)/t18-/m1/s1. The van der Waals surface area contributed by atoms with E-state index in [1.54, 1.807) is 11.9 Å². The van der Waals surface area contributed by atoms with Crippen LogP contribution in [0.25, 0.3) is 0 Å². The molecule has 142 valence electrons. The van der Waals surface area contributed by atoms with Crippen LogP contribution in [0.15, 0.2) is 35.5 Å². The Morgan fingerprint density at radius 1 is 1.15 bits per heavy atom. The highest BCUT2D eigenvalue weighted by Crippen LogP contribution is 2.35. The predicted octanol–water partition coefficient (Wildman–Crippen LogP) is 1.41. The fraction of sp³-hybridized carbons (Fsp3) is 0.450. The van der Waals surface area contributed by atoms with Gasteiger partial charge in [0.2, 0.25) is 5.91 Å². The minimum Gasteiger partial charge on any atom is -0.341 e. The van der Waals surface area contributed by atoms with E-state index in [0.29, 0.717) is 17.8 Å². The van der Waals surface area contributed by atoms with Crippen molar-refractivity contribution in [2.24, 2.45) is 0 Å². The maximum absolute atomic E-state index is 13.1. The number of rotatable bonds is 3. The van der Waals surface area contributed by atoms with Crippen LogP contribution in [0.4, 0.5) is 4.79 Å². The van der Waals surface area contributed by atoms with Gasteiger partial charge in [-0.2, -0.15) is 0 Å². The summed E-state index contributed by atoms with van der Waals surface area (Å²) in [4.78, 5) is 42.9. The van der Waals surface area contributed by atoms with E-state index < -0.39 is 6.04 Å². The van der Waals surface area contributed by atoms with Gasteiger partial charge < -0.3 is 15.1 Å². The molecule has 1 saturated heterocycles. The summed E-state index contributed by atoms with van der Waals surface area (Å²) in [6.45, 7) is 3.88. The van der Waals surface area contributed by atoms with Crippen molar-refractivity contribution < 1.29 is 14.4 Å². The molecule has 3 aliphatic heterocycles. The molecule has 0 radical (unpaired) electrons. The number of urea groups is 1. The van der Waals surface area contributed by atoms with Crippen LogP contribution in [-0.2, 0) is 9.59 Å². The minimum absolute atomic E-state index is 0.0190. The fourth-order valence-corrected chi connectivity index (χ4v) is 3.99. The monoisotopic (exact) mass is 368 g/mol. The molecule has 0 bridgehead atoms. The highest BCUT2D eigenvalue weighted by atomic mass is 16.2. The molecule has 1 aromatic rings. The summed E-state index contributed by atoms with van der Waals surface area (Å²) in [5.41, 5.74) is 3.23. The summed E-state index contributed by atoms with van der Waals surface area (Å²) in [5.74, 6) is -0.190. The number of amides is 4. The van der Waals surface area contributed by atoms with E-state index in [2.05, 4.69) is 5.32 Å². The van der Waals surface area contributed by atoms with Gasteiger partial charge in [-0.05, 0) is 25.3 Å². The SMILES string of the molecule is Cc1ccc([C@H]2NC(=O)N(C)C3=C2C(=O)N(CC(=O)N2CCCC2)C3)cc1. The van der Waals surface area contributed by atoms with E-state index in [9.17, 15) is 14.4 Å². The molecule has 27 heavy (non-hydrogen) atoms. The number of likely N-dealkylation sites (N-methyl/N-ethyl adjacent to an activating group) is 1. The summed E-state index contributed by atoms with van der Waals surface area (Å²) in [7, 11) is 1.66. The lowest BCUT2D eigenvalue weighted by Gasteiger charge is -2.31. The molecule has 7 nitrogen and oxygen atoms in total. The van der Waals surface area contributed by atoms with Gasteiger partial charge in [-0.15, -0.1) is 0 Å². The summed E-state index contributed by atoms with van der Waals surface area (Å²) in [6, 6.07) is 7.08. The molecule has 0 aliphatic carbocycles. The first-order chi connectivity index (χ1) is 13.0. The van der Waals surface area contributed by atoms with Gasteiger partial charge in [0, 0.05) is 20.1 Å². The Kier molecular flexibility index (Phi) is 4.37. The molecular weight excluding hydrogens is 344 g/mol. The van der Waals surface area contributed by atoms with Crippen molar-refractivity contribution in [3.8, 4) is 0 Å². The normalized spacial score (nSPS) is 22.4. The van der Waals surface area contributed by atoms with Crippen LogP contribution in [-0.4, -0.2) is 65.8 Å². The summed E-state index contributed by atoms with van der Waals surface area (Å²) >= 11 is 0. The average Bonchev–Trinajstić information content (AvgIpc) is 3.29. The van der Waals surface area contributed by atoms with Crippen LogP contribution < -0.4 is 5.32 Å². The third-order valence-electron chi connectivity index (χ3n) is 5.63. The van der Waals surface area contributed by atoms with Crippen molar-refractivity contribution in [3.05, 3.63) is 46.7 Å². The number of benzene rings is 1. The quantitative estimate of drug-likeness (QED) is 0.877. The van der Waals surface area contributed by atoms with Crippen molar-refractivity contribution in [1.82, 2.24) is 20.0 Å². The fourth-order valence-electron chi connectivity index (χ4n) is 3.99. The van der Waals surface area contributed by atoms with Gasteiger partial charge in [0.1, 0.15) is 6.54 Å². The van der Waals surface area contributed by atoms with Gasteiger partial charge in [0.25, 0.3) is 5.91 Å². The van der Waals surface area contributed by atoms with E-state index in [-0.39, 0.29) is 24.4 Å². The average molecular weight is 368 g/mol. The zero-order chi connectivity index (χ0) is 19.1. The molecule has 0 unspecified atom stereocenters. The number of carbonyl (C=O) groups is 3. The van der Waals surface area contributed by atoms with Gasteiger partial charge in [0.05, 0.1) is 23.9 Å². The zero-order valence-electron chi connectivity index (χ0n) is 15.7. The number of nitrogens with one attached hydrogen (secondary N) is 1. The summed E-state index contributed by atoms with van der Waals surface area (Å²) < 4.78 is 0. The first-order valence-corrected chi connectivity index (χ1v) is 9.36. The highest BCUT2D eigenvalue weighted by Gasteiger charge is 2.43. The molecule has 1 fully saturated rings. The molecule has 3 heterocycles. The lowest BCUT2D eigenvalue weighted by atomic mass is 9.95. The zero-order valence-corrected chi connectivity index (χ0v) is 15.7. The second-order valence-corrected chi connectivity index (χ2v) is 7.46. The predicted molar refractivity (Wildman–Crippen MR) is 99.6 cm³/mol. The number of hydrogen-bond acceptors (Lipinski definition) is 3. The number of nitrogens with zero attached hydrogens (tertiary/aromatic N) is 3. The molecule has 0 spiro atoms. The molecule has 1 atom stereocenters. The third-order valence-corrected chi connectivity index (χ3v) is 5.63. The summed E-state index contributed by atoms with van der Waals surface area (Å²) in [6.07, 6.45) is 2.04. The van der Waals surface area contributed by atoms with Gasteiger partial charge in [0.15, 0.2) is 0 Å². The second kappa shape index (κ2) is 6.72. The van der Waals surface area contributed by atoms with Crippen molar-refractivity contribution in [3.63, 3.8) is 0 Å². The highest BCUT2D eigenvalue weighted by molar-refractivity contribution is 6.02. The largest absolute Gasteiger partial charge is 0.341 e. The molecule has 7 heteroatoms. The van der Waals surface area contributed by atoms with Crippen LogP contribution in [0.2, 0.25) is 0 Å². The van der Waals surface area contributed by atoms with Crippen LogP contribution >= 0.6 is 0 Å². The number of hydrogen-bond donors (Lipinski definition) is 1. The van der Waals surface area contributed by atoms with E-state index in [0.717, 1.165) is 37.1 Å². The molecular formula is C20H24N4O3. The molecule has 4 rings (SSSR count). The molecule has 3 aliphatic rings. The van der Waals surface area contributed by atoms with Crippen LogP contribution in [0, 0.1) is 6.92 Å². The van der Waals surface area contributed by atoms with Crippen molar-refractivity contribution in [2.75, 3.05) is 33.2 Å². The third kappa shape index (κ3) is 3.07. The smallest absolute Gasteiger partial charge is 0.322 e. The van der Waals surface area contributed by atoms with Gasteiger partial charge in [-0.1, -0.05) is 29.8 Å². The molecule has 1 aromatic carbocycles. The Morgan fingerprint density at radius 3 is 2.48 bits per heavy atom. The maximum atomic E-state index is 13.1. The molecule has 1 N–H and O–H groups in total. The number of carbonyl (C=O) groups excluding carboxylic acids is 3. The Hall–Kier alpha value is -2.83. The van der Waals surface area contributed by atoms with E-state index >= 15 is 0 Å². The topological polar surface area (TPSA) is 73.0 Å². The van der Waals surface area contributed by atoms with E-state index in [1.165, 1.54) is 4.90 Å². The molecule has 4 amide bonds. The Bertz CT molecular complexity index is 824. The number of likely N-dealkylation sites (tertiary alicyclic amines) is 1. The summed E-state index contributed by atoms with van der Waals surface area (Å²) in [5, 5.41) is 2.92. The second-order valence-electron chi connectivity index (χ2n) is 7.46. The first-order valence-electron chi connectivity index (χ1n) is 9.36. The maximum Gasteiger partial charge on any atom is 0.322 e. The first kappa shape index (κ1) is 17.6. The van der Waals surface area contributed by atoms with Crippen LogP contribution in [0.1, 0.15) is 30.0 Å². The molecule has 0 aromatic heterocycles. The lowest BCUT2D eigenvalue weighted by molar-refractivity contribution is -0.137.